The molecule has 9 nitrogen and oxygen atoms in total. The lowest BCUT2D eigenvalue weighted by Crippen LogP contribution is -2.32. The van der Waals surface area contributed by atoms with Crippen molar-refractivity contribution in [2.75, 3.05) is 5.32 Å². The standard InChI is InChI=1S/C15H12ClF3N8O/c1-8(13-23-7-24-27(13)12-6-20-2-3-21-12)25-14(28)26-10-5-22-11(4-9(10)16)15(17,18)19/h2-8H,1H3,(H2,25,26,28)/t8-/m0/s1. The zero-order valence-electron chi connectivity index (χ0n) is 14.1. The third-order valence-electron chi connectivity index (χ3n) is 3.47. The fourth-order valence-electron chi connectivity index (χ4n) is 2.22. The molecule has 0 aliphatic carbocycles. The van der Waals surface area contributed by atoms with Crippen molar-refractivity contribution in [1.82, 2.24) is 35.0 Å². The maximum atomic E-state index is 12.6. The Hall–Kier alpha value is -3.28. The molecule has 1 atom stereocenters. The number of carbonyl (C=O) groups excluding carboxylic acids is 1. The summed E-state index contributed by atoms with van der Waals surface area (Å²) in [5.74, 6) is 0.770. The van der Waals surface area contributed by atoms with Crippen molar-refractivity contribution < 1.29 is 18.0 Å². The second-order valence-corrected chi connectivity index (χ2v) is 5.87. The van der Waals surface area contributed by atoms with Gasteiger partial charge in [0, 0.05) is 12.4 Å². The number of nitrogens with one attached hydrogen (secondary N) is 2. The molecule has 146 valence electrons. The number of anilines is 1. The van der Waals surface area contributed by atoms with Crippen LogP contribution in [0.25, 0.3) is 5.82 Å². The SMILES string of the molecule is C[C@H](NC(=O)Nc1cnc(C(F)(F)F)cc1Cl)c1ncnn1-c1cnccn1. The van der Waals surface area contributed by atoms with Crippen LogP contribution in [0.3, 0.4) is 0 Å². The number of alkyl halides is 3. The quantitative estimate of drug-likeness (QED) is 0.681. The molecule has 0 fully saturated rings. The Labute approximate surface area is 161 Å². The number of rotatable bonds is 4. The van der Waals surface area contributed by atoms with Gasteiger partial charge >= 0.3 is 12.2 Å². The van der Waals surface area contributed by atoms with Crippen molar-refractivity contribution in [3.63, 3.8) is 0 Å². The van der Waals surface area contributed by atoms with Crippen molar-refractivity contribution in [3.8, 4) is 5.82 Å². The summed E-state index contributed by atoms with van der Waals surface area (Å²) in [7, 11) is 0. The van der Waals surface area contributed by atoms with Crippen LogP contribution in [0.4, 0.5) is 23.7 Å². The number of nitrogens with zero attached hydrogens (tertiary/aromatic N) is 6. The highest BCUT2D eigenvalue weighted by Crippen LogP contribution is 2.31. The molecule has 28 heavy (non-hydrogen) atoms. The molecule has 0 bridgehead atoms. The molecule has 0 aliphatic heterocycles. The maximum absolute atomic E-state index is 12.6. The largest absolute Gasteiger partial charge is 0.433 e. The van der Waals surface area contributed by atoms with Gasteiger partial charge in [-0.3, -0.25) is 4.98 Å². The minimum atomic E-state index is -4.64. The van der Waals surface area contributed by atoms with Crippen molar-refractivity contribution in [3.05, 3.63) is 53.7 Å². The van der Waals surface area contributed by atoms with Crippen LogP contribution in [-0.4, -0.2) is 35.7 Å². The predicted octanol–water partition coefficient (Wildman–Crippen LogP) is 3.01. The second kappa shape index (κ2) is 7.76. The van der Waals surface area contributed by atoms with Crippen molar-refractivity contribution in [2.24, 2.45) is 0 Å². The Kier molecular flexibility index (Phi) is 5.40. The summed E-state index contributed by atoms with van der Waals surface area (Å²) in [6.07, 6.45) is 1.93. The summed E-state index contributed by atoms with van der Waals surface area (Å²) in [6.45, 7) is 1.64. The first-order valence-electron chi connectivity index (χ1n) is 7.72. The first kappa shape index (κ1) is 19.5. The van der Waals surface area contributed by atoms with Gasteiger partial charge in [-0.25, -0.2) is 19.7 Å². The van der Waals surface area contributed by atoms with E-state index in [2.05, 4.69) is 35.7 Å². The molecule has 0 saturated heterocycles. The van der Waals surface area contributed by atoms with Crippen molar-refractivity contribution >= 4 is 23.3 Å². The Morgan fingerprint density at radius 2 is 2.00 bits per heavy atom. The molecule has 2 N–H and O–H groups in total. The molecule has 0 spiro atoms. The summed E-state index contributed by atoms with van der Waals surface area (Å²) < 4.78 is 39.3. The number of pyridine rings is 1. The zero-order chi connectivity index (χ0) is 20.3. The van der Waals surface area contributed by atoms with E-state index in [9.17, 15) is 18.0 Å². The Morgan fingerprint density at radius 3 is 2.64 bits per heavy atom. The van der Waals surface area contributed by atoms with Gasteiger partial charge in [-0.2, -0.15) is 23.0 Å². The average Bonchev–Trinajstić information content (AvgIpc) is 3.13. The lowest BCUT2D eigenvalue weighted by molar-refractivity contribution is -0.141. The van der Waals surface area contributed by atoms with E-state index in [1.807, 2.05) is 0 Å². The third kappa shape index (κ3) is 4.34. The molecule has 0 aromatic carbocycles. The van der Waals surface area contributed by atoms with E-state index in [-0.39, 0.29) is 10.7 Å². The number of hydrogen-bond acceptors (Lipinski definition) is 6. The van der Waals surface area contributed by atoms with Crippen LogP contribution in [0.1, 0.15) is 24.5 Å². The van der Waals surface area contributed by atoms with Crippen LogP contribution in [0.5, 0.6) is 0 Å². The van der Waals surface area contributed by atoms with Crippen molar-refractivity contribution in [1.29, 1.82) is 0 Å². The normalized spacial score (nSPS) is 12.5. The maximum Gasteiger partial charge on any atom is 0.433 e. The topological polar surface area (TPSA) is 111 Å². The number of halogens is 4. The predicted molar refractivity (Wildman–Crippen MR) is 91.8 cm³/mol. The molecule has 3 aromatic heterocycles. The Bertz CT molecular complexity index is 979. The Morgan fingerprint density at radius 1 is 1.21 bits per heavy atom. The van der Waals surface area contributed by atoms with Gasteiger partial charge in [-0.15, -0.1) is 0 Å². The van der Waals surface area contributed by atoms with Crippen molar-refractivity contribution in [2.45, 2.75) is 19.1 Å². The third-order valence-corrected chi connectivity index (χ3v) is 3.78. The monoisotopic (exact) mass is 412 g/mol. The lowest BCUT2D eigenvalue weighted by atomic mass is 10.3. The molecular formula is C15H12ClF3N8O. The first-order chi connectivity index (χ1) is 13.3. The number of carbonyl (C=O) groups is 1. The zero-order valence-corrected chi connectivity index (χ0v) is 14.9. The number of urea groups is 1. The van der Waals surface area contributed by atoms with E-state index < -0.39 is 23.9 Å². The van der Waals surface area contributed by atoms with Gasteiger partial charge in [0.15, 0.2) is 11.6 Å². The summed E-state index contributed by atoms with van der Waals surface area (Å²) in [6, 6.07) is -0.707. The average molecular weight is 413 g/mol. The second-order valence-electron chi connectivity index (χ2n) is 5.46. The summed E-state index contributed by atoms with van der Waals surface area (Å²) in [5, 5.41) is 8.67. The number of hydrogen-bond donors (Lipinski definition) is 2. The van der Waals surface area contributed by atoms with E-state index >= 15 is 0 Å². The van der Waals surface area contributed by atoms with Gasteiger partial charge in [-0.05, 0) is 13.0 Å². The van der Waals surface area contributed by atoms with E-state index in [1.54, 1.807) is 6.92 Å². The van der Waals surface area contributed by atoms with Gasteiger partial charge in [0.2, 0.25) is 0 Å². The molecule has 0 saturated carbocycles. The minimum Gasteiger partial charge on any atom is -0.328 e. The summed E-state index contributed by atoms with van der Waals surface area (Å²) >= 11 is 5.80. The molecule has 3 rings (SSSR count). The smallest absolute Gasteiger partial charge is 0.328 e. The van der Waals surface area contributed by atoms with E-state index in [4.69, 9.17) is 11.6 Å². The molecule has 3 aromatic rings. The first-order valence-corrected chi connectivity index (χ1v) is 8.10. The molecule has 2 amide bonds. The fraction of sp³-hybridized carbons (Fsp3) is 0.200. The van der Waals surface area contributed by atoms with Crippen LogP contribution in [0.15, 0.2) is 37.2 Å². The Balaban J connectivity index is 1.70. The number of aromatic nitrogens is 6. The molecule has 0 radical (unpaired) electrons. The van der Waals surface area contributed by atoms with E-state index in [0.717, 1.165) is 6.20 Å². The van der Waals surface area contributed by atoms with Gasteiger partial charge in [0.1, 0.15) is 12.0 Å². The molecule has 0 aliphatic rings. The highest BCUT2D eigenvalue weighted by molar-refractivity contribution is 6.33. The highest BCUT2D eigenvalue weighted by atomic mass is 35.5. The lowest BCUT2D eigenvalue weighted by Gasteiger charge is -2.15. The fourth-order valence-corrected chi connectivity index (χ4v) is 2.42. The van der Waals surface area contributed by atoms with E-state index in [0.29, 0.717) is 17.7 Å². The van der Waals surface area contributed by atoms with Gasteiger partial charge in [0.25, 0.3) is 0 Å². The molecule has 3 heterocycles. The van der Waals surface area contributed by atoms with Crippen LogP contribution in [-0.2, 0) is 6.18 Å². The molecule has 0 unspecified atom stereocenters. The van der Waals surface area contributed by atoms with E-state index in [1.165, 1.54) is 29.6 Å². The van der Waals surface area contributed by atoms with Gasteiger partial charge in [-0.1, -0.05) is 11.6 Å². The van der Waals surface area contributed by atoms with Crippen LogP contribution in [0.2, 0.25) is 5.02 Å². The molecular weight excluding hydrogens is 401 g/mol. The van der Waals surface area contributed by atoms with Gasteiger partial charge < -0.3 is 10.6 Å². The van der Waals surface area contributed by atoms with Crippen LogP contribution >= 0.6 is 11.6 Å². The van der Waals surface area contributed by atoms with Gasteiger partial charge in [0.05, 0.1) is 29.1 Å². The summed E-state index contributed by atoms with van der Waals surface area (Å²) in [5.41, 5.74) is -1.23. The van der Waals surface area contributed by atoms with Crippen LogP contribution in [0, 0.1) is 0 Å². The van der Waals surface area contributed by atoms with Crippen LogP contribution < -0.4 is 10.6 Å². The highest BCUT2D eigenvalue weighted by Gasteiger charge is 2.33. The summed E-state index contributed by atoms with van der Waals surface area (Å²) in [4.78, 5) is 27.6. The minimum absolute atomic E-state index is 0.0743. The molecule has 13 heteroatoms. The number of amides is 2.